The normalized spacial score (nSPS) is 10.4. The summed E-state index contributed by atoms with van der Waals surface area (Å²) < 4.78 is 5.29. The zero-order chi connectivity index (χ0) is 24.8. The van der Waals surface area contributed by atoms with Crippen LogP contribution in [0.15, 0.2) is 77.5 Å². The first-order chi connectivity index (χ1) is 16.9. The molecule has 4 rings (SSSR count). The molecule has 4 aromatic rings. The highest BCUT2D eigenvalue weighted by Crippen LogP contribution is 2.36. The summed E-state index contributed by atoms with van der Waals surface area (Å²) in [6, 6.07) is 18.6. The second-order valence-electron chi connectivity index (χ2n) is 7.22. The summed E-state index contributed by atoms with van der Waals surface area (Å²) in [7, 11) is 0. The standard InChI is InChI=1S/C25H19N3O5S2/c26-22(30)16-8-10-17(11-9-16)27-20(29)13-33-25(32)21-18(15-5-2-1-3-6-15)14-35-24(21)28-23(31)19-7-4-12-34-19/h1-12,14H,13H2,(H2,26,30)(H,27,29)(H,28,31). The number of primary amides is 1. The lowest BCUT2D eigenvalue weighted by Crippen LogP contribution is -2.22. The van der Waals surface area contributed by atoms with Crippen molar-refractivity contribution in [1.82, 2.24) is 0 Å². The molecule has 10 heteroatoms. The maximum absolute atomic E-state index is 13.1. The van der Waals surface area contributed by atoms with Gasteiger partial charge in [-0.2, -0.15) is 0 Å². The molecule has 0 atom stereocenters. The van der Waals surface area contributed by atoms with Crippen LogP contribution >= 0.6 is 22.7 Å². The molecular formula is C25H19N3O5S2. The fourth-order valence-electron chi connectivity index (χ4n) is 3.17. The maximum Gasteiger partial charge on any atom is 0.342 e. The van der Waals surface area contributed by atoms with E-state index in [9.17, 15) is 19.2 Å². The molecule has 0 aliphatic heterocycles. The van der Waals surface area contributed by atoms with Gasteiger partial charge in [0, 0.05) is 22.2 Å². The van der Waals surface area contributed by atoms with E-state index in [1.807, 2.05) is 30.3 Å². The highest BCUT2D eigenvalue weighted by Gasteiger charge is 2.24. The zero-order valence-electron chi connectivity index (χ0n) is 18.1. The molecule has 0 saturated carbocycles. The number of ether oxygens (including phenoxy) is 1. The molecule has 0 aliphatic rings. The minimum absolute atomic E-state index is 0.171. The van der Waals surface area contributed by atoms with Crippen LogP contribution < -0.4 is 16.4 Å². The van der Waals surface area contributed by atoms with E-state index in [-0.39, 0.29) is 11.5 Å². The number of carbonyl (C=O) groups is 4. The SMILES string of the molecule is NC(=O)c1ccc(NC(=O)COC(=O)c2c(-c3ccccc3)csc2NC(=O)c2cccs2)cc1. The second kappa shape index (κ2) is 10.8. The van der Waals surface area contributed by atoms with Crippen molar-refractivity contribution < 1.29 is 23.9 Å². The van der Waals surface area contributed by atoms with Gasteiger partial charge in [-0.15, -0.1) is 22.7 Å². The summed E-state index contributed by atoms with van der Waals surface area (Å²) in [6.45, 7) is -0.543. The number of rotatable bonds is 8. The fraction of sp³-hybridized carbons (Fsp3) is 0.0400. The van der Waals surface area contributed by atoms with E-state index in [4.69, 9.17) is 10.5 Å². The Kier molecular flexibility index (Phi) is 7.34. The molecule has 4 N–H and O–H groups in total. The van der Waals surface area contributed by atoms with Crippen LogP contribution in [-0.4, -0.2) is 30.3 Å². The molecule has 0 aliphatic carbocycles. The molecule has 8 nitrogen and oxygen atoms in total. The number of nitrogens with one attached hydrogen (secondary N) is 2. The van der Waals surface area contributed by atoms with E-state index >= 15 is 0 Å². The molecule has 0 unspecified atom stereocenters. The van der Waals surface area contributed by atoms with Gasteiger partial charge in [0.2, 0.25) is 5.91 Å². The summed E-state index contributed by atoms with van der Waals surface area (Å²) in [6.07, 6.45) is 0. The molecule has 3 amide bonds. The highest BCUT2D eigenvalue weighted by atomic mass is 32.1. The predicted octanol–water partition coefficient (Wildman–Crippen LogP) is 4.62. The lowest BCUT2D eigenvalue weighted by Gasteiger charge is -2.10. The van der Waals surface area contributed by atoms with E-state index < -0.39 is 24.4 Å². The highest BCUT2D eigenvalue weighted by molar-refractivity contribution is 7.15. The molecule has 0 spiro atoms. The Morgan fingerprint density at radius 3 is 2.26 bits per heavy atom. The summed E-state index contributed by atoms with van der Waals surface area (Å²) in [5.74, 6) is -2.23. The summed E-state index contributed by atoms with van der Waals surface area (Å²) in [5.41, 5.74) is 7.46. The number of benzene rings is 2. The Bertz CT molecular complexity index is 1360. The molecule has 2 heterocycles. The van der Waals surface area contributed by atoms with Gasteiger partial charge in [-0.1, -0.05) is 36.4 Å². The largest absolute Gasteiger partial charge is 0.452 e. The molecule has 0 radical (unpaired) electrons. The van der Waals surface area contributed by atoms with Gasteiger partial charge in [-0.3, -0.25) is 14.4 Å². The Balaban J connectivity index is 1.50. The third kappa shape index (κ3) is 5.81. The number of nitrogens with two attached hydrogens (primary N) is 1. The molecule has 2 aromatic heterocycles. The van der Waals surface area contributed by atoms with Crippen molar-refractivity contribution >= 4 is 57.1 Å². The van der Waals surface area contributed by atoms with Crippen molar-refractivity contribution in [3.8, 4) is 11.1 Å². The van der Waals surface area contributed by atoms with Crippen LogP contribution in [0.4, 0.5) is 10.7 Å². The van der Waals surface area contributed by atoms with Crippen LogP contribution in [0, 0.1) is 0 Å². The molecule has 0 saturated heterocycles. The van der Waals surface area contributed by atoms with Crippen molar-refractivity contribution in [2.45, 2.75) is 0 Å². The predicted molar refractivity (Wildman–Crippen MR) is 136 cm³/mol. The van der Waals surface area contributed by atoms with Gasteiger partial charge >= 0.3 is 5.97 Å². The van der Waals surface area contributed by atoms with Gasteiger partial charge in [-0.05, 0) is 41.3 Å². The lowest BCUT2D eigenvalue weighted by atomic mass is 10.0. The monoisotopic (exact) mass is 505 g/mol. The van der Waals surface area contributed by atoms with E-state index in [0.29, 0.717) is 26.7 Å². The van der Waals surface area contributed by atoms with Gasteiger partial charge in [0.25, 0.3) is 11.8 Å². The Morgan fingerprint density at radius 1 is 0.857 bits per heavy atom. The lowest BCUT2D eigenvalue weighted by molar-refractivity contribution is -0.119. The number of hydrogen-bond donors (Lipinski definition) is 3. The molecule has 2 aromatic carbocycles. The van der Waals surface area contributed by atoms with E-state index in [1.54, 1.807) is 22.9 Å². The summed E-state index contributed by atoms with van der Waals surface area (Å²) in [4.78, 5) is 49.7. The average molecular weight is 506 g/mol. The number of amides is 3. The fourth-order valence-corrected chi connectivity index (χ4v) is 4.74. The topological polar surface area (TPSA) is 128 Å². The Hall–Kier alpha value is -4.28. The van der Waals surface area contributed by atoms with Crippen molar-refractivity contribution in [2.75, 3.05) is 17.2 Å². The summed E-state index contributed by atoms with van der Waals surface area (Å²) in [5, 5.41) is 9.24. The maximum atomic E-state index is 13.1. The van der Waals surface area contributed by atoms with Crippen molar-refractivity contribution in [1.29, 1.82) is 0 Å². The number of esters is 1. The first kappa shape index (κ1) is 23.9. The van der Waals surface area contributed by atoms with E-state index in [2.05, 4.69) is 10.6 Å². The first-order valence-electron chi connectivity index (χ1n) is 10.3. The first-order valence-corrected chi connectivity index (χ1v) is 12.1. The van der Waals surface area contributed by atoms with Gasteiger partial charge < -0.3 is 21.1 Å². The zero-order valence-corrected chi connectivity index (χ0v) is 19.8. The van der Waals surface area contributed by atoms with Gasteiger partial charge in [-0.25, -0.2) is 4.79 Å². The van der Waals surface area contributed by atoms with E-state index in [1.165, 1.54) is 46.9 Å². The minimum atomic E-state index is -0.745. The van der Waals surface area contributed by atoms with E-state index in [0.717, 1.165) is 5.56 Å². The van der Waals surface area contributed by atoms with Crippen molar-refractivity contribution in [3.63, 3.8) is 0 Å². The molecule has 0 bridgehead atoms. The number of carbonyl (C=O) groups excluding carboxylic acids is 4. The van der Waals surface area contributed by atoms with Crippen molar-refractivity contribution in [2.24, 2.45) is 5.73 Å². The second-order valence-corrected chi connectivity index (χ2v) is 9.04. The van der Waals surface area contributed by atoms with Gasteiger partial charge in [0.05, 0.1) is 4.88 Å². The van der Waals surface area contributed by atoms with Crippen LogP contribution in [0.1, 0.15) is 30.4 Å². The van der Waals surface area contributed by atoms with Crippen LogP contribution in [-0.2, 0) is 9.53 Å². The molecule has 0 fully saturated rings. The van der Waals surface area contributed by atoms with Gasteiger partial charge in [0.1, 0.15) is 10.6 Å². The Morgan fingerprint density at radius 2 is 1.60 bits per heavy atom. The Labute approximate surface area is 208 Å². The number of hydrogen-bond acceptors (Lipinski definition) is 7. The van der Waals surface area contributed by atoms with Crippen LogP contribution in [0.25, 0.3) is 11.1 Å². The smallest absolute Gasteiger partial charge is 0.342 e. The number of anilines is 2. The molecular weight excluding hydrogens is 486 g/mol. The van der Waals surface area contributed by atoms with Crippen LogP contribution in [0.5, 0.6) is 0 Å². The molecule has 35 heavy (non-hydrogen) atoms. The summed E-state index contributed by atoms with van der Waals surface area (Å²) >= 11 is 2.48. The quantitative estimate of drug-likeness (QED) is 0.301. The van der Waals surface area contributed by atoms with Crippen LogP contribution in [0.3, 0.4) is 0 Å². The van der Waals surface area contributed by atoms with Crippen molar-refractivity contribution in [3.05, 3.63) is 93.5 Å². The molecule has 176 valence electrons. The van der Waals surface area contributed by atoms with Crippen LogP contribution in [0.2, 0.25) is 0 Å². The third-order valence-corrected chi connectivity index (χ3v) is 6.60. The minimum Gasteiger partial charge on any atom is -0.452 e. The third-order valence-electron chi connectivity index (χ3n) is 4.84. The van der Waals surface area contributed by atoms with Gasteiger partial charge in [0.15, 0.2) is 6.61 Å². The average Bonchev–Trinajstić information content (AvgIpc) is 3.54. The number of thiophene rings is 2.